The molecule has 0 aliphatic rings. The van der Waals surface area contributed by atoms with Gasteiger partial charge in [0.15, 0.2) is 0 Å². The fourth-order valence-electron chi connectivity index (χ4n) is 1.51. The molecule has 2 N–H and O–H groups in total. The molecule has 0 aromatic heterocycles. The Labute approximate surface area is 90.2 Å². The van der Waals surface area contributed by atoms with Crippen LogP contribution in [0.5, 0.6) is 0 Å². The molecule has 0 unspecified atom stereocenters. The zero-order chi connectivity index (χ0) is 11.3. The Bertz CT molecular complexity index is 311. The Morgan fingerprint density at radius 1 is 1.40 bits per heavy atom. The molecule has 0 radical (unpaired) electrons. The molecule has 82 valence electrons. The summed E-state index contributed by atoms with van der Waals surface area (Å²) in [6.07, 6.45) is 0.608. The van der Waals surface area contributed by atoms with Crippen LogP contribution in [0, 0.1) is 5.92 Å². The van der Waals surface area contributed by atoms with Crippen molar-refractivity contribution in [2.24, 2.45) is 11.7 Å². The number of esters is 1. The van der Waals surface area contributed by atoms with Crippen molar-refractivity contribution >= 4 is 5.97 Å². The summed E-state index contributed by atoms with van der Waals surface area (Å²) in [7, 11) is 1.40. The quantitative estimate of drug-likeness (QED) is 0.767. The van der Waals surface area contributed by atoms with Crippen LogP contribution in [0.2, 0.25) is 0 Å². The number of benzene rings is 1. The van der Waals surface area contributed by atoms with Crippen molar-refractivity contribution in [2.45, 2.75) is 19.4 Å². The van der Waals surface area contributed by atoms with Crippen LogP contribution in [-0.4, -0.2) is 13.1 Å². The molecule has 0 saturated heterocycles. The van der Waals surface area contributed by atoms with Crippen LogP contribution in [-0.2, 0) is 9.53 Å². The number of methoxy groups -OCH3 is 1. The van der Waals surface area contributed by atoms with E-state index in [-0.39, 0.29) is 17.9 Å². The van der Waals surface area contributed by atoms with Gasteiger partial charge in [0.05, 0.1) is 13.0 Å². The van der Waals surface area contributed by atoms with E-state index in [9.17, 15) is 4.79 Å². The van der Waals surface area contributed by atoms with Crippen LogP contribution in [0.25, 0.3) is 0 Å². The van der Waals surface area contributed by atoms with Crippen LogP contribution >= 0.6 is 0 Å². The highest BCUT2D eigenvalue weighted by molar-refractivity contribution is 5.71. The summed E-state index contributed by atoms with van der Waals surface area (Å²) in [6, 6.07) is 9.65. The highest BCUT2D eigenvalue weighted by Gasteiger charge is 2.17. The van der Waals surface area contributed by atoms with Gasteiger partial charge in [-0.15, -0.1) is 0 Å². The smallest absolute Gasteiger partial charge is 0.308 e. The summed E-state index contributed by atoms with van der Waals surface area (Å²) < 4.78 is 4.65. The minimum Gasteiger partial charge on any atom is -0.469 e. The third-order valence-corrected chi connectivity index (χ3v) is 2.44. The molecular formula is C12H17NO2. The summed E-state index contributed by atoms with van der Waals surface area (Å²) in [6.45, 7) is 1.83. The normalized spacial score (nSPS) is 14.3. The molecule has 1 aromatic carbocycles. The van der Waals surface area contributed by atoms with Gasteiger partial charge in [0.25, 0.3) is 0 Å². The number of nitrogens with two attached hydrogens (primary N) is 1. The number of ether oxygens (including phenoxy) is 1. The van der Waals surface area contributed by atoms with Gasteiger partial charge in [0.1, 0.15) is 0 Å². The van der Waals surface area contributed by atoms with Crippen molar-refractivity contribution < 1.29 is 9.53 Å². The van der Waals surface area contributed by atoms with E-state index in [2.05, 4.69) is 4.74 Å². The van der Waals surface area contributed by atoms with Gasteiger partial charge in [-0.3, -0.25) is 4.79 Å². The first-order valence-electron chi connectivity index (χ1n) is 5.03. The van der Waals surface area contributed by atoms with Gasteiger partial charge in [-0.05, 0) is 12.0 Å². The van der Waals surface area contributed by atoms with Crippen LogP contribution in [0.15, 0.2) is 30.3 Å². The average molecular weight is 207 g/mol. The van der Waals surface area contributed by atoms with E-state index < -0.39 is 0 Å². The van der Waals surface area contributed by atoms with Gasteiger partial charge >= 0.3 is 5.97 Å². The molecule has 0 saturated carbocycles. The van der Waals surface area contributed by atoms with E-state index >= 15 is 0 Å². The molecule has 1 aromatic rings. The predicted molar refractivity (Wildman–Crippen MR) is 59.2 cm³/mol. The zero-order valence-corrected chi connectivity index (χ0v) is 9.14. The van der Waals surface area contributed by atoms with Crippen molar-refractivity contribution in [3.8, 4) is 0 Å². The van der Waals surface area contributed by atoms with Crippen molar-refractivity contribution in [3.05, 3.63) is 35.9 Å². The van der Waals surface area contributed by atoms with Crippen LogP contribution < -0.4 is 5.73 Å². The Morgan fingerprint density at radius 2 is 2.00 bits per heavy atom. The predicted octanol–water partition coefficient (Wildman–Crippen LogP) is 1.89. The second-order valence-corrected chi connectivity index (χ2v) is 3.68. The molecule has 15 heavy (non-hydrogen) atoms. The Morgan fingerprint density at radius 3 is 2.53 bits per heavy atom. The van der Waals surface area contributed by atoms with E-state index in [1.807, 2.05) is 37.3 Å². The van der Waals surface area contributed by atoms with Gasteiger partial charge < -0.3 is 10.5 Å². The topological polar surface area (TPSA) is 52.3 Å². The Kier molecular flexibility index (Phi) is 4.31. The monoisotopic (exact) mass is 207 g/mol. The first-order chi connectivity index (χ1) is 7.15. The standard InChI is InChI=1S/C12H17NO2/c1-9(12(14)15-2)8-11(13)10-6-4-3-5-7-10/h3-7,9,11H,8,13H2,1-2H3/t9-,11+/m0/s1. The fraction of sp³-hybridized carbons (Fsp3) is 0.417. The largest absolute Gasteiger partial charge is 0.469 e. The number of carbonyl (C=O) groups is 1. The minimum atomic E-state index is -0.207. The average Bonchev–Trinajstić information content (AvgIpc) is 2.29. The molecule has 0 bridgehead atoms. The second-order valence-electron chi connectivity index (χ2n) is 3.68. The van der Waals surface area contributed by atoms with Crippen molar-refractivity contribution in [2.75, 3.05) is 7.11 Å². The Balaban J connectivity index is 2.56. The summed E-state index contributed by atoms with van der Waals surface area (Å²) in [5, 5.41) is 0. The highest BCUT2D eigenvalue weighted by atomic mass is 16.5. The van der Waals surface area contributed by atoms with Crippen molar-refractivity contribution in [1.82, 2.24) is 0 Å². The van der Waals surface area contributed by atoms with Gasteiger partial charge in [-0.25, -0.2) is 0 Å². The van der Waals surface area contributed by atoms with E-state index in [0.717, 1.165) is 5.56 Å². The van der Waals surface area contributed by atoms with Crippen LogP contribution in [0.1, 0.15) is 24.9 Å². The lowest BCUT2D eigenvalue weighted by molar-refractivity contribution is -0.145. The lowest BCUT2D eigenvalue weighted by atomic mass is 9.97. The van der Waals surface area contributed by atoms with E-state index in [1.54, 1.807) is 0 Å². The van der Waals surface area contributed by atoms with Gasteiger partial charge in [0.2, 0.25) is 0 Å². The second kappa shape index (κ2) is 5.51. The summed E-state index contributed by atoms with van der Waals surface area (Å²) in [5.74, 6) is -0.369. The molecule has 1 rings (SSSR count). The minimum absolute atomic E-state index is 0.111. The van der Waals surface area contributed by atoms with E-state index in [1.165, 1.54) is 7.11 Å². The van der Waals surface area contributed by atoms with Crippen molar-refractivity contribution in [3.63, 3.8) is 0 Å². The molecular weight excluding hydrogens is 190 g/mol. The lowest BCUT2D eigenvalue weighted by Crippen LogP contribution is -2.20. The number of carbonyl (C=O) groups excluding carboxylic acids is 1. The molecule has 0 spiro atoms. The maximum Gasteiger partial charge on any atom is 0.308 e. The van der Waals surface area contributed by atoms with Gasteiger partial charge in [0, 0.05) is 6.04 Å². The zero-order valence-electron chi connectivity index (χ0n) is 9.14. The number of hydrogen-bond acceptors (Lipinski definition) is 3. The molecule has 3 heteroatoms. The SMILES string of the molecule is COC(=O)[C@@H](C)C[C@@H](N)c1ccccc1. The summed E-state index contributed by atoms with van der Waals surface area (Å²) in [5.41, 5.74) is 7.03. The number of rotatable bonds is 4. The third kappa shape index (κ3) is 3.36. The van der Waals surface area contributed by atoms with Crippen molar-refractivity contribution in [1.29, 1.82) is 0 Å². The molecule has 3 nitrogen and oxygen atoms in total. The maximum absolute atomic E-state index is 11.2. The molecule has 0 heterocycles. The molecule has 0 fully saturated rings. The van der Waals surface area contributed by atoms with E-state index in [0.29, 0.717) is 6.42 Å². The highest BCUT2D eigenvalue weighted by Crippen LogP contribution is 2.19. The Hall–Kier alpha value is -1.35. The first-order valence-corrected chi connectivity index (χ1v) is 5.03. The van der Waals surface area contributed by atoms with Crippen LogP contribution in [0.3, 0.4) is 0 Å². The maximum atomic E-state index is 11.2. The lowest BCUT2D eigenvalue weighted by Gasteiger charge is -2.15. The third-order valence-electron chi connectivity index (χ3n) is 2.44. The van der Waals surface area contributed by atoms with E-state index in [4.69, 9.17) is 5.73 Å². The molecule has 0 amide bonds. The van der Waals surface area contributed by atoms with Gasteiger partial charge in [-0.1, -0.05) is 37.3 Å². The number of hydrogen-bond donors (Lipinski definition) is 1. The first kappa shape index (κ1) is 11.7. The molecule has 0 aliphatic heterocycles. The van der Waals surface area contributed by atoms with Crippen LogP contribution in [0.4, 0.5) is 0 Å². The molecule has 2 atom stereocenters. The fourth-order valence-corrected chi connectivity index (χ4v) is 1.51. The molecule has 0 aliphatic carbocycles. The van der Waals surface area contributed by atoms with Gasteiger partial charge in [-0.2, -0.15) is 0 Å². The summed E-state index contributed by atoms with van der Waals surface area (Å²) >= 11 is 0. The summed E-state index contributed by atoms with van der Waals surface area (Å²) in [4.78, 5) is 11.2.